The van der Waals surface area contributed by atoms with E-state index in [2.05, 4.69) is 45.7 Å². The molecule has 5 atom stereocenters. The minimum absolute atomic E-state index is 0.0202. The van der Waals surface area contributed by atoms with Crippen LogP contribution in [0, 0.1) is 34.0 Å². The van der Waals surface area contributed by atoms with Crippen molar-refractivity contribution in [2.75, 3.05) is 6.54 Å². The Kier molecular flexibility index (Phi) is 6.37. The SMILES string of the molecule is CC(=O)NC(C(=O)N1C[C@H]2[C@@H]([C@H]1C(=O)NC(C#N)c1cncc(-c3ccn[nH]3)c1)C2(C)C)C(C)(C)C. The van der Waals surface area contributed by atoms with E-state index in [4.69, 9.17) is 0 Å². The van der Waals surface area contributed by atoms with Gasteiger partial charge in [0.2, 0.25) is 17.7 Å². The van der Waals surface area contributed by atoms with Gasteiger partial charge in [0, 0.05) is 43.2 Å². The van der Waals surface area contributed by atoms with E-state index in [1.54, 1.807) is 35.6 Å². The van der Waals surface area contributed by atoms with Crippen molar-refractivity contribution in [1.29, 1.82) is 5.26 Å². The second-order valence-corrected chi connectivity index (χ2v) is 11.4. The first-order chi connectivity index (χ1) is 16.9. The lowest BCUT2D eigenvalue weighted by Crippen LogP contribution is -2.59. The van der Waals surface area contributed by atoms with Gasteiger partial charge in [-0.25, -0.2) is 0 Å². The highest BCUT2D eigenvalue weighted by molar-refractivity contribution is 5.94. The van der Waals surface area contributed by atoms with E-state index >= 15 is 0 Å². The summed E-state index contributed by atoms with van der Waals surface area (Å²) in [5.74, 6) is -0.801. The molecule has 0 radical (unpaired) electrons. The molecule has 10 nitrogen and oxygen atoms in total. The molecule has 1 aliphatic carbocycles. The van der Waals surface area contributed by atoms with Crippen LogP contribution in [0.15, 0.2) is 30.7 Å². The number of aromatic nitrogens is 3. The van der Waals surface area contributed by atoms with Crippen LogP contribution in [0.3, 0.4) is 0 Å². The standard InChI is InChI=1S/C26H33N7O3/c1-14(34)30-22(25(2,3)4)24(36)33-13-17-20(26(17,5)6)21(33)23(35)31-19(10-27)16-9-15(11-28-12-16)18-7-8-29-32-18/h7-9,11-12,17,19-22H,13H2,1-6H3,(H,29,32)(H,30,34)(H,31,35)/t17-,19?,20-,21-,22?/m0/s1. The predicted molar refractivity (Wildman–Crippen MR) is 132 cm³/mol. The van der Waals surface area contributed by atoms with E-state index in [-0.39, 0.29) is 35.0 Å². The molecule has 3 amide bonds. The normalized spacial score (nSPS) is 23.7. The summed E-state index contributed by atoms with van der Waals surface area (Å²) >= 11 is 0. The molecule has 0 aromatic carbocycles. The van der Waals surface area contributed by atoms with Gasteiger partial charge < -0.3 is 15.5 Å². The first kappa shape index (κ1) is 25.4. The summed E-state index contributed by atoms with van der Waals surface area (Å²) in [4.78, 5) is 45.0. The molecular weight excluding hydrogens is 458 g/mol. The minimum Gasteiger partial charge on any atom is -0.344 e. The summed E-state index contributed by atoms with van der Waals surface area (Å²) < 4.78 is 0. The molecule has 2 fully saturated rings. The Morgan fingerprint density at radius 2 is 1.97 bits per heavy atom. The molecule has 0 spiro atoms. The molecule has 2 aliphatic rings. The van der Waals surface area contributed by atoms with Crippen LogP contribution >= 0.6 is 0 Å². The van der Waals surface area contributed by atoms with Crippen LogP contribution in [0.5, 0.6) is 0 Å². The molecule has 1 aliphatic heterocycles. The number of rotatable bonds is 6. The lowest BCUT2D eigenvalue weighted by molar-refractivity contribution is -0.145. The number of H-pyrrole nitrogens is 1. The maximum absolute atomic E-state index is 13.7. The predicted octanol–water partition coefficient (Wildman–Crippen LogP) is 2.19. The van der Waals surface area contributed by atoms with Crippen LogP contribution in [0.25, 0.3) is 11.3 Å². The van der Waals surface area contributed by atoms with Crippen LogP contribution in [-0.4, -0.2) is 56.4 Å². The van der Waals surface area contributed by atoms with Crippen LogP contribution in [-0.2, 0) is 14.4 Å². The third-order valence-electron chi connectivity index (χ3n) is 7.54. The van der Waals surface area contributed by atoms with Crippen molar-refractivity contribution in [1.82, 2.24) is 30.7 Å². The number of hydrogen-bond acceptors (Lipinski definition) is 6. The zero-order valence-corrected chi connectivity index (χ0v) is 21.5. The smallest absolute Gasteiger partial charge is 0.246 e. The Morgan fingerprint density at radius 1 is 1.25 bits per heavy atom. The zero-order chi connectivity index (χ0) is 26.4. The molecule has 1 saturated carbocycles. The fraction of sp³-hybridized carbons (Fsp3) is 0.538. The van der Waals surface area contributed by atoms with Gasteiger partial charge in [0.05, 0.1) is 11.8 Å². The zero-order valence-electron chi connectivity index (χ0n) is 21.5. The van der Waals surface area contributed by atoms with E-state index < -0.39 is 23.5 Å². The summed E-state index contributed by atoms with van der Waals surface area (Å²) in [6.07, 6.45) is 4.81. The first-order valence-electron chi connectivity index (χ1n) is 12.1. The van der Waals surface area contributed by atoms with Crippen LogP contribution in [0.2, 0.25) is 0 Å². The van der Waals surface area contributed by atoms with Crippen LogP contribution in [0.1, 0.15) is 53.1 Å². The van der Waals surface area contributed by atoms with Gasteiger partial charge in [-0.2, -0.15) is 10.4 Å². The summed E-state index contributed by atoms with van der Waals surface area (Å²) in [6.45, 7) is 11.7. The monoisotopic (exact) mass is 491 g/mol. The maximum atomic E-state index is 13.7. The molecule has 3 heterocycles. The van der Waals surface area contributed by atoms with E-state index in [1.165, 1.54) is 6.92 Å². The molecule has 2 unspecified atom stereocenters. The maximum Gasteiger partial charge on any atom is 0.246 e. The van der Waals surface area contributed by atoms with Gasteiger partial charge in [-0.15, -0.1) is 0 Å². The average Bonchev–Trinajstić information content (AvgIpc) is 3.27. The third kappa shape index (κ3) is 4.57. The minimum atomic E-state index is -0.945. The first-order valence-corrected chi connectivity index (χ1v) is 12.1. The number of amides is 3. The summed E-state index contributed by atoms with van der Waals surface area (Å²) in [7, 11) is 0. The summed E-state index contributed by atoms with van der Waals surface area (Å²) in [6, 6.07) is 3.28. The van der Waals surface area contributed by atoms with Crippen molar-refractivity contribution in [2.45, 2.75) is 59.7 Å². The highest BCUT2D eigenvalue weighted by Crippen LogP contribution is 2.65. The molecule has 10 heteroatoms. The highest BCUT2D eigenvalue weighted by atomic mass is 16.2. The molecule has 190 valence electrons. The third-order valence-corrected chi connectivity index (χ3v) is 7.54. The van der Waals surface area contributed by atoms with Gasteiger partial charge >= 0.3 is 0 Å². The number of carbonyl (C=O) groups is 3. The molecular formula is C26H33N7O3. The molecule has 3 N–H and O–H groups in total. The van der Waals surface area contributed by atoms with E-state index in [9.17, 15) is 19.6 Å². The Morgan fingerprint density at radius 3 is 2.56 bits per heavy atom. The van der Waals surface area contributed by atoms with Gasteiger partial charge in [-0.05, 0) is 34.8 Å². The van der Waals surface area contributed by atoms with Crippen LogP contribution < -0.4 is 10.6 Å². The Hall–Kier alpha value is -3.74. The second kappa shape index (κ2) is 9.04. The Balaban J connectivity index is 1.59. The number of piperidine rings is 1. The lowest BCUT2D eigenvalue weighted by Gasteiger charge is -2.37. The second-order valence-electron chi connectivity index (χ2n) is 11.4. The summed E-state index contributed by atoms with van der Waals surface area (Å²) in [5, 5.41) is 22.3. The number of carbonyl (C=O) groups excluding carboxylic acids is 3. The molecule has 0 bridgehead atoms. The molecule has 2 aromatic rings. The van der Waals surface area contributed by atoms with Gasteiger partial charge in [-0.3, -0.25) is 24.5 Å². The Bertz CT molecular complexity index is 1210. The fourth-order valence-electron chi connectivity index (χ4n) is 5.43. The van der Waals surface area contributed by atoms with E-state index in [0.717, 1.165) is 11.3 Å². The highest BCUT2D eigenvalue weighted by Gasteiger charge is 2.69. The largest absolute Gasteiger partial charge is 0.344 e. The number of nitriles is 1. The lowest BCUT2D eigenvalue weighted by atomic mass is 9.85. The van der Waals surface area contributed by atoms with Gasteiger partial charge in [0.25, 0.3) is 0 Å². The van der Waals surface area contributed by atoms with Crippen molar-refractivity contribution < 1.29 is 14.4 Å². The number of nitrogens with zero attached hydrogens (tertiary/aromatic N) is 4. The van der Waals surface area contributed by atoms with Gasteiger partial charge in [0.15, 0.2) is 0 Å². The van der Waals surface area contributed by atoms with Crippen molar-refractivity contribution in [3.05, 3.63) is 36.3 Å². The fourth-order valence-corrected chi connectivity index (χ4v) is 5.43. The topological polar surface area (TPSA) is 144 Å². The number of hydrogen-bond donors (Lipinski definition) is 3. The number of aromatic amines is 1. The molecule has 36 heavy (non-hydrogen) atoms. The van der Waals surface area contributed by atoms with Gasteiger partial charge in [-0.1, -0.05) is 34.6 Å². The van der Waals surface area contributed by atoms with Crippen molar-refractivity contribution >= 4 is 17.7 Å². The van der Waals surface area contributed by atoms with Crippen molar-refractivity contribution in [2.24, 2.45) is 22.7 Å². The number of fused-ring (bicyclic) bond motifs is 1. The van der Waals surface area contributed by atoms with Crippen LogP contribution in [0.4, 0.5) is 0 Å². The van der Waals surface area contributed by atoms with E-state index in [1.807, 2.05) is 20.8 Å². The number of nitrogens with one attached hydrogen (secondary N) is 3. The van der Waals surface area contributed by atoms with Crippen molar-refractivity contribution in [3.8, 4) is 17.3 Å². The van der Waals surface area contributed by atoms with Gasteiger partial charge in [0.1, 0.15) is 18.1 Å². The summed E-state index contributed by atoms with van der Waals surface area (Å²) in [5.41, 5.74) is 1.39. The molecule has 4 rings (SSSR count). The molecule has 1 saturated heterocycles. The number of likely N-dealkylation sites (tertiary alicyclic amines) is 1. The average molecular weight is 492 g/mol. The number of pyridine rings is 1. The molecule has 2 aromatic heterocycles. The van der Waals surface area contributed by atoms with E-state index in [0.29, 0.717) is 12.1 Å². The Labute approximate surface area is 210 Å². The quantitative estimate of drug-likeness (QED) is 0.565. The van der Waals surface area contributed by atoms with Crippen molar-refractivity contribution in [3.63, 3.8) is 0 Å².